The maximum Gasteiger partial charge on any atom is 0.336 e. The highest BCUT2D eigenvalue weighted by atomic mass is 32.1. The summed E-state index contributed by atoms with van der Waals surface area (Å²) in [6.07, 6.45) is 0. The van der Waals surface area contributed by atoms with Gasteiger partial charge >= 0.3 is 5.69 Å². The monoisotopic (exact) mass is 370 g/mol. The van der Waals surface area contributed by atoms with Gasteiger partial charge in [-0.2, -0.15) is 0 Å². The van der Waals surface area contributed by atoms with Crippen LogP contribution in [-0.2, 0) is 6.54 Å². The number of thiophene rings is 1. The molecule has 0 spiro atoms. The number of rotatable bonds is 3. The van der Waals surface area contributed by atoms with E-state index in [4.69, 9.17) is 0 Å². The summed E-state index contributed by atoms with van der Waals surface area (Å²) in [5.74, 6) is -1.08. The smallest absolute Gasteiger partial charge is 0.288 e. The molecule has 0 aliphatic rings. The lowest BCUT2D eigenvalue weighted by atomic mass is 10.2. The Bertz CT molecular complexity index is 1240. The molecule has 7 heteroatoms. The van der Waals surface area contributed by atoms with Gasteiger partial charge in [0, 0.05) is 0 Å². The highest BCUT2D eigenvalue weighted by Gasteiger charge is 2.17. The highest BCUT2D eigenvalue weighted by molar-refractivity contribution is 7.17. The molecule has 0 atom stereocenters. The standard InChI is InChI=1S/C19H12F2N2O2S/c20-13-5-3-4-12(10-13)11-22-16-8-9-26-17(16)18(24)23(19(22)25)15-7-2-1-6-14(15)21/h1-10H,11H2. The summed E-state index contributed by atoms with van der Waals surface area (Å²) in [7, 11) is 0. The summed E-state index contributed by atoms with van der Waals surface area (Å²) in [6.45, 7) is 0.0680. The van der Waals surface area contributed by atoms with Gasteiger partial charge in [-0.3, -0.25) is 9.36 Å². The normalized spacial score (nSPS) is 11.2. The van der Waals surface area contributed by atoms with Gasteiger partial charge in [0.25, 0.3) is 5.56 Å². The van der Waals surface area contributed by atoms with Gasteiger partial charge in [-0.25, -0.2) is 18.1 Å². The zero-order valence-corrected chi connectivity index (χ0v) is 14.2. The molecular formula is C19H12F2N2O2S. The molecule has 0 unspecified atom stereocenters. The molecule has 0 aliphatic carbocycles. The van der Waals surface area contributed by atoms with Crippen LogP contribution in [0.2, 0.25) is 0 Å². The average Bonchev–Trinajstić information content (AvgIpc) is 3.10. The molecule has 0 fully saturated rings. The van der Waals surface area contributed by atoms with E-state index in [0.29, 0.717) is 15.8 Å². The molecule has 0 bridgehead atoms. The van der Waals surface area contributed by atoms with Gasteiger partial charge in [-0.15, -0.1) is 11.3 Å². The second-order valence-corrected chi connectivity index (χ2v) is 6.64. The Balaban J connectivity index is 2.02. The molecule has 2 aromatic heterocycles. The van der Waals surface area contributed by atoms with E-state index in [1.54, 1.807) is 29.6 Å². The second-order valence-electron chi connectivity index (χ2n) is 5.73. The van der Waals surface area contributed by atoms with E-state index in [1.807, 2.05) is 0 Å². The summed E-state index contributed by atoms with van der Waals surface area (Å²) in [5, 5.41) is 1.69. The summed E-state index contributed by atoms with van der Waals surface area (Å²) in [4.78, 5) is 25.8. The molecule has 4 nitrogen and oxygen atoms in total. The van der Waals surface area contributed by atoms with E-state index in [1.165, 1.54) is 46.2 Å². The van der Waals surface area contributed by atoms with Crippen LogP contribution in [-0.4, -0.2) is 9.13 Å². The maximum atomic E-state index is 14.2. The molecule has 0 aliphatic heterocycles. The lowest BCUT2D eigenvalue weighted by Crippen LogP contribution is -2.39. The lowest BCUT2D eigenvalue weighted by Gasteiger charge is -2.13. The summed E-state index contributed by atoms with van der Waals surface area (Å²) < 4.78 is 30.2. The molecule has 26 heavy (non-hydrogen) atoms. The van der Waals surface area contributed by atoms with E-state index < -0.39 is 22.9 Å². The number of para-hydroxylation sites is 1. The average molecular weight is 370 g/mol. The zero-order chi connectivity index (χ0) is 18.3. The Morgan fingerprint density at radius 1 is 0.962 bits per heavy atom. The second kappa shape index (κ2) is 6.34. The Morgan fingerprint density at radius 3 is 2.54 bits per heavy atom. The summed E-state index contributed by atoms with van der Waals surface area (Å²) in [6, 6.07) is 13.1. The van der Waals surface area contributed by atoms with Crippen LogP contribution in [0.1, 0.15) is 5.56 Å². The van der Waals surface area contributed by atoms with Crippen LogP contribution in [0.5, 0.6) is 0 Å². The SMILES string of the molecule is O=c1c2sccc2n(Cc2cccc(F)c2)c(=O)n1-c1ccccc1F. The van der Waals surface area contributed by atoms with Crippen LogP contribution >= 0.6 is 11.3 Å². The van der Waals surface area contributed by atoms with Crippen LogP contribution < -0.4 is 11.2 Å². The van der Waals surface area contributed by atoms with Crippen LogP contribution in [0.15, 0.2) is 69.6 Å². The molecule has 4 rings (SSSR count). The van der Waals surface area contributed by atoms with Crippen molar-refractivity contribution in [2.75, 3.05) is 0 Å². The van der Waals surface area contributed by atoms with Crippen molar-refractivity contribution >= 4 is 21.6 Å². The first-order chi connectivity index (χ1) is 12.6. The molecular weight excluding hydrogens is 358 g/mol. The fraction of sp³-hybridized carbons (Fsp3) is 0.0526. The van der Waals surface area contributed by atoms with E-state index in [-0.39, 0.29) is 12.2 Å². The lowest BCUT2D eigenvalue weighted by molar-refractivity contribution is 0.605. The van der Waals surface area contributed by atoms with Gasteiger partial charge in [-0.1, -0.05) is 24.3 Å². The van der Waals surface area contributed by atoms with Crippen molar-refractivity contribution in [3.05, 3.63) is 98.0 Å². The quantitative estimate of drug-likeness (QED) is 0.554. The predicted octanol–water partition coefficient (Wildman–Crippen LogP) is 3.54. The molecule has 0 amide bonds. The fourth-order valence-electron chi connectivity index (χ4n) is 2.90. The van der Waals surface area contributed by atoms with E-state index in [2.05, 4.69) is 0 Å². The van der Waals surface area contributed by atoms with Crippen LogP contribution in [0.4, 0.5) is 8.78 Å². The van der Waals surface area contributed by atoms with Gasteiger partial charge in [-0.05, 0) is 41.3 Å². The maximum absolute atomic E-state index is 14.2. The van der Waals surface area contributed by atoms with E-state index >= 15 is 0 Å². The molecule has 2 heterocycles. The van der Waals surface area contributed by atoms with Crippen molar-refractivity contribution < 1.29 is 8.78 Å². The summed E-state index contributed by atoms with van der Waals surface area (Å²) >= 11 is 1.18. The first-order valence-electron chi connectivity index (χ1n) is 7.78. The summed E-state index contributed by atoms with van der Waals surface area (Å²) in [5.41, 5.74) is -0.332. The largest absolute Gasteiger partial charge is 0.336 e. The van der Waals surface area contributed by atoms with Crippen molar-refractivity contribution in [2.45, 2.75) is 6.54 Å². The number of fused-ring (bicyclic) bond motifs is 1. The minimum Gasteiger partial charge on any atom is -0.288 e. The first-order valence-corrected chi connectivity index (χ1v) is 8.66. The van der Waals surface area contributed by atoms with Gasteiger partial charge < -0.3 is 0 Å². The van der Waals surface area contributed by atoms with Crippen molar-refractivity contribution in [3.8, 4) is 5.69 Å². The first kappa shape index (κ1) is 16.4. The Labute approximate surface area is 150 Å². The Hall–Kier alpha value is -3.06. The van der Waals surface area contributed by atoms with Crippen molar-refractivity contribution in [1.82, 2.24) is 9.13 Å². The van der Waals surface area contributed by atoms with Crippen LogP contribution in [0.3, 0.4) is 0 Å². The highest BCUT2D eigenvalue weighted by Crippen LogP contribution is 2.18. The van der Waals surface area contributed by atoms with Crippen LogP contribution in [0.25, 0.3) is 15.9 Å². The number of halogens is 2. The Kier molecular flexibility index (Phi) is 4.00. The molecule has 4 aromatic rings. The minimum atomic E-state index is -0.671. The van der Waals surface area contributed by atoms with Crippen LogP contribution in [0, 0.1) is 11.6 Å². The van der Waals surface area contributed by atoms with E-state index in [9.17, 15) is 18.4 Å². The molecule has 2 aromatic carbocycles. The molecule has 0 saturated carbocycles. The number of nitrogens with zero attached hydrogens (tertiary/aromatic N) is 2. The van der Waals surface area contributed by atoms with Gasteiger partial charge in [0.15, 0.2) is 0 Å². The molecule has 0 saturated heterocycles. The molecule has 0 radical (unpaired) electrons. The van der Waals surface area contributed by atoms with E-state index in [0.717, 1.165) is 4.57 Å². The zero-order valence-electron chi connectivity index (χ0n) is 13.4. The fourth-order valence-corrected chi connectivity index (χ4v) is 3.73. The van der Waals surface area contributed by atoms with Crippen molar-refractivity contribution in [2.24, 2.45) is 0 Å². The topological polar surface area (TPSA) is 44.0 Å². The third-order valence-electron chi connectivity index (χ3n) is 4.08. The minimum absolute atomic E-state index is 0.0680. The number of hydrogen-bond acceptors (Lipinski definition) is 3. The molecule has 0 N–H and O–H groups in total. The van der Waals surface area contributed by atoms with Crippen molar-refractivity contribution in [3.63, 3.8) is 0 Å². The number of hydrogen-bond donors (Lipinski definition) is 0. The molecule has 130 valence electrons. The Morgan fingerprint density at radius 2 is 1.77 bits per heavy atom. The van der Waals surface area contributed by atoms with Crippen molar-refractivity contribution in [1.29, 1.82) is 0 Å². The third-order valence-corrected chi connectivity index (χ3v) is 4.97. The number of benzene rings is 2. The van der Waals surface area contributed by atoms with Gasteiger partial charge in [0.2, 0.25) is 0 Å². The number of aromatic nitrogens is 2. The van der Waals surface area contributed by atoms with Gasteiger partial charge in [0.1, 0.15) is 16.3 Å². The predicted molar refractivity (Wildman–Crippen MR) is 97.1 cm³/mol. The van der Waals surface area contributed by atoms with Gasteiger partial charge in [0.05, 0.1) is 17.7 Å². The third kappa shape index (κ3) is 2.66.